The lowest BCUT2D eigenvalue weighted by molar-refractivity contribution is -0.387. The van der Waals surface area contributed by atoms with Gasteiger partial charge in [0.25, 0.3) is 0 Å². The Kier molecular flexibility index (Phi) is 4.78. The van der Waals surface area contributed by atoms with E-state index in [9.17, 15) is 14.5 Å². The average Bonchev–Trinajstić information content (AvgIpc) is 2.25. The van der Waals surface area contributed by atoms with E-state index in [0.29, 0.717) is 18.2 Å². The molecule has 0 aliphatic carbocycles. The molecule has 0 fully saturated rings. The van der Waals surface area contributed by atoms with Crippen molar-refractivity contribution in [3.63, 3.8) is 0 Å². The second kappa shape index (κ2) is 6.10. The third kappa shape index (κ3) is 4.32. The molecule has 0 heterocycles. The third-order valence-corrected chi connectivity index (χ3v) is 2.12. The minimum Gasteiger partial charge on any atom is -0.311 e. The molecule has 0 unspecified atom stereocenters. The molecule has 0 spiro atoms. The summed E-state index contributed by atoms with van der Waals surface area (Å²) in [5.41, 5.74) is 0.118. The van der Waals surface area contributed by atoms with Crippen LogP contribution in [0.3, 0.4) is 0 Å². The van der Waals surface area contributed by atoms with Crippen LogP contribution in [0.25, 0.3) is 6.08 Å². The average molecular weight is 238 g/mol. The van der Waals surface area contributed by atoms with Crippen LogP contribution in [0.15, 0.2) is 24.3 Å². The van der Waals surface area contributed by atoms with Crippen molar-refractivity contribution >= 4 is 11.8 Å². The van der Waals surface area contributed by atoms with Gasteiger partial charge in [-0.1, -0.05) is 32.1 Å². The number of rotatable bonds is 5. The maximum Gasteiger partial charge on any atom is 0.305 e. The predicted octanol–water partition coefficient (Wildman–Crippen LogP) is 2.75. The zero-order chi connectivity index (χ0) is 12.8. The van der Waals surface area contributed by atoms with Gasteiger partial charge in [-0.15, -0.1) is 0 Å². The molecule has 17 heavy (non-hydrogen) atoms. The molecule has 0 atom stereocenters. The molecule has 1 N–H and O–H groups in total. The number of hydrogen-bond donors (Lipinski definition) is 1. The molecule has 0 amide bonds. The lowest BCUT2D eigenvalue weighted by Gasteiger charge is -2.03. The standard InChI is InChI=1S/C12H15FN2O2/c1-9(2)14-7-3-4-10-5-6-11(13)12(8-10)15(16)17/h3-6,8-9,14H,7H2,1-2H3/b4-3+. The molecular weight excluding hydrogens is 223 g/mol. The Balaban J connectivity index is 2.72. The fourth-order valence-corrected chi connectivity index (χ4v) is 1.27. The zero-order valence-electron chi connectivity index (χ0n) is 9.81. The minimum absolute atomic E-state index is 0.377. The van der Waals surface area contributed by atoms with Gasteiger partial charge in [-0.25, -0.2) is 0 Å². The number of halogens is 1. The number of hydrogen-bond acceptors (Lipinski definition) is 3. The van der Waals surface area contributed by atoms with Crippen molar-refractivity contribution in [1.82, 2.24) is 5.32 Å². The lowest BCUT2D eigenvalue weighted by Crippen LogP contribution is -2.22. The molecule has 0 bridgehead atoms. The summed E-state index contributed by atoms with van der Waals surface area (Å²) in [7, 11) is 0. The molecule has 4 nitrogen and oxygen atoms in total. The molecule has 0 radical (unpaired) electrons. The first-order valence-corrected chi connectivity index (χ1v) is 5.34. The Bertz CT molecular complexity index is 431. The van der Waals surface area contributed by atoms with Crippen LogP contribution in [0, 0.1) is 15.9 Å². The van der Waals surface area contributed by atoms with Crippen LogP contribution >= 0.6 is 0 Å². The third-order valence-electron chi connectivity index (χ3n) is 2.12. The van der Waals surface area contributed by atoms with E-state index >= 15 is 0 Å². The maximum absolute atomic E-state index is 13.0. The van der Waals surface area contributed by atoms with Gasteiger partial charge in [0.1, 0.15) is 0 Å². The molecule has 0 aliphatic rings. The topological polar surface area (TPSA) is 55.2 Å². The molecule has 0 aliphatic heterocycles. The number of nitro groups is 1. The van der Waals surface area contributed by atoms with Crippen molar-refractivity contribution in [2.75, 3.05) is 6.54 Å². The summed E-state index contributed by atoms with van der Waals surface area (Å²) in [5.74, 6) is -0.813. The second-order valence-corrected chi connectivity index (χ2v) is 3.93. The van der Waals surface area contributed by atoms with Crippen molar-refractivity contribution in [3.8, 4) is 0 Å². The fourth-order valence-electron chi connectivity index (χ4n) is 1.27. The van der Waals surface area contributed by atoms with Gasteiger partial charge in [-0.2, -0.15) is 4.39 Å². The minimum atomic E-state index is -0.813. The molecule has 0 aromatic heterocycles. The zero-order valence-corrected chi connectivity index (χ0v) is 9.81. The van der Waals surface area contributed by atoms with E-state index in [-0.39, 0.29) is 0 Å². The number of nitro benzene ring substituents is 1. The smallest absolute Gasteiger partial charge is 0.305 e. The van der Waals surface area contributed by atoms with Gasteiger partial charge in [0.05, 0.1) is 4.92 Å². The van der Waals surface area contributed by atoms with E-state index in [1.807, 2.05) is 19.9 Å². The van der Waals surface area contributed by atoms with Crippen LogP contribution in [0.5, 0.6) is 0 Å². The Morgan fingerprint density at radius 3 is 2.82 bits per heavy atom. The second-order valence-electron chi connectivity index (χ2n) is 3.93. The van der Waals surface area contributed by atoms with Crippen molar-refractivity contribution in [2.24, 2.45) is 0 Å². The molecule has 0 saturated carbocycles. The van der Waals surface area contributed by atoms with Gasteiger partial charge < -0.3 is 5.32 Å². The van der Waals surface area contributed by atoms with Crippen molar-refractivity contribution in [1.29, 1.82) is 0 Å². The quantitative estimate of drug-likeness (QED) is 0.634. The van der Waals surface area contributed by atoms with Crippen LogP contribution < -0.4 is 5.32 Å². The summed E-state index contributed by atoms with van der Waals surface area (Å²) in [6.07, 6.45) is 3.57. The highest BCUT2D eigenvalue weighted by Crippen LogP contribution is 2.19. The highest BCUT2D eigenvalue weighted by Gasteiger charge is 2.12. The molecule has 1 rings (SSSR count). The molecular formula is C12H15FN2O2. The normalized spacial score (nSPS) is 11.3. The van der Waals surface area contributed by atoms with Gasteiger partial charge >= 0.3 is 5.69 Å². The first kappa shape index (κ1) is 13.3. The summed E-state index contributed by atoms with van der Waals surface area (Å²) < 4.78 is 13.0. The van der Waals surface area contributed by atoms with Crippen LogP contribution in [0.4, 0.5) is 10.1 Å². The molecule has 5 heteroatoms. The van der Waals surface area contributed by atoms with Crippen molar-refractivity contribution < 1.29 is 9.31 Å². The molecule has 92 valence electrons. The van der Waals surface area contributed by atoms with Crippen LogP contribution in [0.1, 0.15) is 19.4 Å². The maximum atomic E-state index is 13.0. The molecule has 0 saturated heterocycles. The van der Waals surface area contributed by atoms with Crippen LogP contribution in [-0.2, 0) is 0 Å². The highest BCUT2D eigenvalue weighted by molar-refractivity contribution is 5.53. The predicted molar refractivity (Wildman–Crippen MR) is 65.2 cm³/mol. The summed E-state index contributed by atoms with van der Waals surface area (Å²) >= 11 is 0. The van der Waals surface area contributed by atoms with Crippen LogP contribution in [0.2, 0.25) is 0 Å². The van der Waals surface area contributed by atoms with Gasteiger partial charge in [0.2, 0.25) is 5.82 Å². The van der Waals surface area contributed by atoms with E-state index < -0.39 is 16.4 Å². The monoisotopic (exact) mass is 238 g/mol. The van der Waals surface area contributed by atoms with Crippen molar-refractivity contribution in [2.45, 2.75) is 19.9 Å². The summed E-state index contributed by atoms with van der Waals surface area (Å²) in [4.78, 5) is 9.80. The van der Waals surface area contributed by atoms with E-state index in [1.165, 1.54) is 12.1 Å². The van der Waals surface area contributed by atoms with E-state index in [1.54, 1.807) is 6.08 Å². The number of nitrogens with one attached hydrogen (secondary N) is 1. The van der Waals surface area contributed by atoms with E-state index in [4.69, 9.17) is 0 Å². The van der Waals surface area contributed by atoms with E-state index in [0.717, 1.165) is 6.07 Å². The largest absolute Gasteiger partial charge is 0.311 e. The van der Waals surface area contributed by atoms with Crippen molar-refractivity contribution in [3.05, 3.63) is 45.8 Å². The van der Waals surface area contributed by atoms with Gasteiger partial charge in [0, 0.05) is 18.7 Å². The molecule has 1 aromatic carbocycles. The fraction of sp³-hybridized carbons (Fsp3) is 0.333. The summed E-state index contributed by atoms with van der Waals surface area (Å²) in [6.45, 7) is 4.72. The Morgan fingerprint density at radius 1 is 1.53 bits per heavy atom. The number of benzene rings is 1. The lowest BCUT2D eigenvalue weighted by atomic mass is 10.2. The van der Waals surface area contributed by atoms with E-state index in [2.05, 4.69) is 5.32 Å². The Morgan fingerprint density at radius 2 is 2.24 bits per heavy atom. The molecule has 1 aromatic rings. The van der Waals surface area contributed by atoms with Crippen LogP contribution in [-0.4, -0.2) is 17.5 Å². The van der Waals surface area contributed by atoms with Gasteiger partial charge in [-0.05, 0) is 11.6 Å². The Hall–Kier alpha value is -1.75. The summed E-state index contributed by atoms with van der Waals surface area (Å²) in [5, 5.41) is 13.7. The first-order valence-electron chi connectivity index (χ1n) is 5.34. The highest BCUT2D eigenvalue weighted by atomic mass is 19.1. The first-order chi connectivity index (χ1) is 8.00. The Labute approximate surface area is 99.3 Å². The summed E-state index contributed by atoms with van der Waals surface area (Å²) in [6, 6.07) is 4.21. The van der Waals surface area contributed by atoms with Gasteiger partial charge in [0.15, 0.2) is 0 Å². The van der Waals surface area contributed by atoms with Gasteiger partial charge in [-0.3, -0.25) is 10.1 Å². The number of nitrogens with zero attached hydrogens (tertiary/aromatic N) is 1. The SMILES string of the molecule is CC(C)NC/C=C/c1ccc(F)c([N+](=O)[O-])c1.